The van der Waals surface area contributed by atoms with E-state index in [4.69, 9.17) is 4.74 Å². The fourth-order valence-corrected chi connectivity index (χ4v) is 1.99. The van der Waals surface area contributed by atoms with Crippen LogP contribution in [0.25, 0.3) is 0 Å². The first-order valence-corrected chi connectivity index (χ1v) is 7.40. The van der Waals surface area contributed by atoms with E-state index in [1.807, 2.05) is 19.1 Å². The van der Waals surface area contributed by atoms with Crippen molar-refractivity contribution < 1.29 is 9.53 Å². The van der Waals surface area contributed by atoms with Crippen molar-refractivity contribution in [3.05, 3.63) is 52.7 Å². The number of carbonyl (C=O) groups excluding carboxylic acids is 1. The first-order valence-electron chi connectivity index (χ1n) is 7.40. The molecule has 2 N–H and O–H groups in total. The summed E-state index contributed by atoms with van der Waals surface area (Å²) >= 11 is 0. The van der Waals surface area contributed by atoms with Crippen LogP contribution in [0.2, 0.25) is 0 Å². The van der Waals surface area contributed by atoms with Gasteiger partial charge in [0.05, 0.1) is 18.6 Å². The fraction of sp³-hybridized carbons (Fsp3) is 0.312. The summed E-state index contributed by atoms with van der Waals surface area (Å²) in [5.74, 6) is 0.615. The van der Waals surface area contributed by atoms with Gasteiger partial charge in [-0.25, -0.2) is 9.78 Å². The largest absolute Gasteiger partial charge is 0.492 e. The number of anilines is 1. The first kappa shape index (κ1) is 16.5. The molecule has 0 aliphatic heterocycles. The van der Waals surface area contributed by atoms with Crippen LogP contribution in [0.3, 0.4) is 0 Å². The van der Waals surface area contributed by atoms with Gasteiger partial charge in [-0.15, -0.1) is 0 Å². The maximum atomic E-state index is 11.9. The minimum absolute atomic E-state index is 0.138. The minimum Gasteiger partial charge on any atom is -0.492 e. The van der Waals surface area contributed by atoms with Crippen molar-refractivity contribution in [2.45, 2.75) is 20.4 Å². The van der Waals surface area contributed by atoms with Gasteiger partial charge in [0.15, 0.2) is 0 Å². The number of aryl methyl sites for hydroxylation is 1. The quantitative estimate of drug-likeness (QED) is 0.850. The maximum absolute atomic E-state index is 11.9. The topological polar surface area (TPSA) is 85.2 Å². The van der Waals surface area contributed by atoms with E-state index < -0.39 is 0 Å². The van der Waals surface area contributed by atoms with Crippen LogP contribution in [0.1, 0.15) is 12.6 Å². The summed E-state index contributed by atoms with van der Waals surface area (Å²) in [4.78, 5) is 27.7. The number of benzene rings is 1. The molecule has 23 heavy (non-hydrogen) atoms. The Morgan fingerprint density at radius 1 is 1.35 bits per heavy atom. The van der Waals surface area contributed by atoms with Gasteiger partial charge in [0.25, 0.3) is 5.56 Å². The van der Waals surface area contributed by atoms with E-state index in [2.05, 4.69) is 15.6 Å². The number of amides is 2. The third-order valence-electron chi connectivity index (χ3n) is 3.09. The molecule has 0 unspecified atom stereocenters. The molecule has 122 valence electrons. The summed E-state index contributed by atoms with van der Waals surface area (Å²) < 4.78 is 6.89. The molecule has 0 radical (unpaired) electrons. The second-order valence-electron chi connectivity index (χ2n) is 4.87. The zero-order chi connectivity index (χ0) is 16.7. The maximum Gasteiger partial charge on any atom is 0.319 e. The Morgan fingerprint density at radius 3 is 2.87 bits per heavy atom. The number of rotatable bonds is 6. The SMILES string of the molecule is CCOc1ccccc1NC(=O)NCCn1cnc(C)cc1=O. The summed E-state index contributed by atoms with van der Waals surface area (Å²) in [6, 6.07) is 8.31. The van der Waals surface area contributed by atoms with Crippen LogP contribution >= 0.6 is 0 Å². The van der Waals surface area contributed by atoms with Crippen LogP contribution in [0.4, 0.5) is 10.5 Å². The Kier molecular flexibility index (Phi) is 5.74. The van der Waals surface area contributed by atoms with Crippen LogP contribution in [-0.4, -0.2) is 28.7 Å². The molecule has 0 spiro atoms. The Morgan fingerprint density at radius 2 is 2.13 bits per heavy atom. The summed E-state index contributed by atoms with van der Waals surface area (Å²) in [5.41, 5.74) is 1.13. The molecule has 2 amide bonds. The second-order valence-corrected chi connectivity index (χ2v) is 4.87. The van der Waals surface area contributed by atoms with E-state index in [0.29, 0.717) is 36.8 Å². The normalized spacial score (nSPS) is 10.2. The molecule has 1 heterocycles. The summed E-state index contributed by atoms with van der Waals surface area (Å²) in [5, 5.41) is 5.42. The van der Waals surface area contributed by atoms with E-state index in [0.717, 1.165) is 0 Å². The van der Waals surface area contributed by atoms with Gasteiger partial charge in [-0.2, -0.15) is 0 Å². The van der Waals surface area contributed by atoms with Gasteiger partial charge in [0.1, 0.15) is 5.75 Å². The lowest BCUT2D eigenvalue weighted by Crippen LogP contribution is -2.33. The third kappa shape index (κ3) is 4.84. The van der Waals surface area contributed by atoms with Crippen molar-refractivity contribution >= 4 is 11.7 Å². The van der Waals surface area contributed by atoms with E-state index in [1.54, 1.807) is 19.1 Å². The molecule has 7 nitrogen and oxygen atoms in total. The smallest absolute Gasteiger partial charge is 0.319 e. The molecular weight excluding hydrogens is 296 g/mol. The molecular formula is C16H20N4O3. The zero-order valence-corrected chi connectivity index (χ0v) is 13.2. The van der Waals surface area contributed by atoms with Crippen LogP contribution in [0.5, 0.6) is 5.75 Å². The predicted molar refractivity (Wildman–Crippen MR) is 87.9 cm³/mol. The monoisotopic (exact) mass is 316 g/mol. The van der Waals surface area contributed by atoms with Crippen molar-refractivity contribution in [2.24, 2.45) is 0 Å². The first-order chi connectivity index (χ1) is 11.1. The van der Waals surface area contributed by atoms with Crippen LogP contribution in [0, 0.1) is 6.92 Å². The molecule has 1 aromatic heterocycles. The molecule has 1 aromatic carbocycles. The van der Waals surface area contributed by atoms with Gasteiger partial charge < -0.3 is 15.4 Å². The van der Waals surface area contributed by atoms with Crippen molar-refractivity contribution in [1.29, 1.82) is 0 Å². The third-order valence-corrected chi connectivity index (χ3v) is 3.09. The summed E-state index contributed by atoms with van der Waals surface area (Å²) in [6.45, 7) is 4.82. The van der Waals surface area contributed by atoms with Crippen LogP contribution < -0.4 is 20.9 Å². The molecule has 2 rings (SSSR count). The molecule has 0 bridgehead atoms. The molecule has 2 aromatic rings. The van der Waals surface area contributed by atoms with Gasteiger partial charge in [-0.05, 0) is 26.0 Å². The Labute approximate surface area is 134 Å². The van der Waals surface area contributed by atoms with E-state index in [-0.39, 0.29) is 11.6 Å². The number of urea groups is 1. The second kappa shape index (κ2) is 7.98. The van der Waals surface area contributed by atoms with Crippen LogP contribution in [-0.2, 0) is 6.54 Å². The molecule has 0 fully saturated rings. The zero-order valence-electron chi connectivity index (χ0n) is 13.2. The Hall–Kier alpha value is -2.83. The predicted octanol–water partition coefficient (Wildman–Crippen LogP) is 1.77. The van der Waals surface area contributed by atoms with E-state index >= 15 is 0 Å². The number of aromatic nitrogens is 2. The molecule has 0 aliphatic carbocycles. The number of nitrogens with one attached hydrogen (secondary N) is 2. The minimum atomic E-state index is -0.356. The van der Waals surface area contributed by atoms with Crippen molar-refractivity contribution in [1.82, 2.24) is 14.9 Å². The molecule has 0 atom stereocenters. The van der Waals surface area contributed by atoms with Gasteiger partial charge in [0.2, 0.25) is 0 Å². The van der Waals surface area contributed by atoms with Gasteiger partial charge >= 0.3 is 6.03 Å². The fourth-order valence-electron chi connectivity index (χ4n) is 1.99. The molecule has 0 saturated heterocycles. The highest BCUT2D eigenvalue weighted by molar-refractivity contribution is 5.90. The van der Waals surface area contributed by atoms with Crippen molar-refractivity contribution in [3.8, 4) is 5.75 Å². The molecule has 7 heteroatoms. The number of carbonyl (C=O) groups is 1. The van der Waals surface area contributed by atoms with Crippen LogP contribution in [0.15, 0.2) is 41.5 Å². The van der Waals surface area contributed by atoms with Gasteiger partial charge in [-0.1, -0.05) is 12.1 Å². The number of para-hydroxylation sites is 2. The summed E-state index contributed by atoms with van der Waals surface area (Å²) in [6.07, 6.45) is 1.47. The standard InChI is InChI=1S/C16H20N4O3/c1-3-23-14-7-5-4-6-13(14)19-16(22)17-8-9-20-11-18-12(2)10-15(20)21/h4-7,10-11H,3,8-9H2,1-2H3,(H2,17,19,22). The Balaban J connectivity index is 1.87. The van der Waals surface area contributed by atoms with E-state index in [1.165, 1.54) is 17.0 Å². The summed E-state index contributed by atoms with van der Waals surface area (Å²) in [7, 11) is 0. The highest BCUT2D eigenvalue weighted by Crippen LogP contribution is 2.23. The number of hydrogen-bond donors (Lipinski definition) is 2. The average molecular weight is 316 g/mol. The molecule has 0 saturated carbocycles. The molecule has 0 aliphatic rings. The Bertz CT molecular complexity index is 727. The number of hydrogen-bond acceptors (Lipinski definition) is 4. The van der Waals surface area contributed by atoms with E-state index in [9.17, 15) is 9.59 Å². The average Bonchev–Trinajstić information content (AvgIpc) is 2.52. The van der Waals surface area contributed by atoms with Crippen molar-refractivity contribution in [3.63, 3.8) is 0 Å². The highest BCUT2D eigenvalue weighted by Gasteiger charge is 2.06. The lowest BCUT2D eigenvalue weighted by molar-refractivity contribution is 0.251. The van der Waals surface area contributed by atoms with Gasteiger partial charge in [-0.3, -0.25) is 9.36 Å². The van der Waals surface area contributed by atoms with Crippen molar-refractivity contribution in [2.75, 3.05) is 18.5 Å². The number of ether oxygens (including phenoxy) is 1. The lowest BCUT2D eigenvalue weighted by atomic mass is 10.3. The number of nitrogens with zero attached hydrogens (tertiary/aromatic N) is 2. The van der Waals surface area contributed by atoms with Gasteiger partial charge in [0, 0.05) is 24.8 Å². The lowest BCUT2D eigenvalue weighted by Gasteiger charge is -2.12. The highest BCUT2D eigenvalue weighted by atomic mass is 16.5.